The fraction of sp³-hybridized carbons (Fsp3) is 0.619. The van der Waals surface area contributed by atoms with Gasteiger partial charge in [-0.25, -0.2) is 4.39 Å². The molecule has 2 N–H and O–H groups in total. The first kappa shape index (κ1) is 24.7. The molecule has 6 nitrogen and oxygen atoms in total. The monoisotopic (exact) mass is 460 g/mol. The van der Waals surface area contributed by atoms with Gasteiger partial charge in [0.25, 0.3) is 0 Å². The van der Waals surface area contributed by atoms with Crippen LogP contribution in [0, 0.1) is 17.2 Å². The number of rotatable bonds is 5. The molecule has 0 aromatic heterocycles. The van der Waals surface area contributed by atoms with Crippen molar-refractivity contribution in [2.24, 2.45) is 11.3 Å². The average Bonchev–Trinajstić information content (AvgIpc) is 3.42. The molecule has 3 aliphatic rings. The smallest absolute Gasteiger partial charge is 0.224 e. The van der Waals surface area contributed by atoms with Gasteiger partial charge in [0.2, 0.25) is 11.8 Å². The lowest BCUT2D eigenvalue weighted by Gasteiger charge is -2.36. The first-order valence-electron chi connectivity index (χ1n) is 10.3. The highest BCUT2D eigenvalue weighted by Gasteiger charge is 2.57. The predicted octanol–water partition coefficient (Wildman–Crippen LogP) is 2.21. The number of benzene rings is 1. The summed E-state index contributed by atoms with van der Waals surface area (Å²) in [4.78, 5) is 28.8. The lowest BCUT2D eigenvalue weighted by atomic mass is 9.92. The summed E-state index contributed by atoms with van der Waals surface area (Å²) in [6.45, 7) is 5.22. The number of nitrogens with one attached hydrogen (secondary N) is 2. The summed E-state index contributed by atoms with van der Waals surface area (Å²) in [5.74, 6) is 0.114. The predicted molar refractivity (Wildman–Crippen MR) is 120 cm³/mol. The van der Waals surface area contributed by atoms with E-state index in [1.54, 1.807) is 12.1 Å². The Balaban J connectivity index is 0.00000160. The molecule has 2 aliphatic heterocycles. The van der Waals surface area contributed by atoms with E-state index in [9.17, 15) is 14.0 Å². The number of piperazine rings is 1. The third kappa shape index (κ3) is 5.56. The minimum atomic E-state index is -0.239. The van der Waals surface area contributed by atoms with Gasteiger partial charge in [-0.2, -0.15) is 0 Å². The zero-order valence-electron chi connectivity index (χ0n) is 17.1. The standard InChI is InChI=1S/C21H29FN4O2.2ClH/c22-16-1-3-17(4-2-16)25-11-13-26(14-12-25)19(27)5-8-24-20(28)18-15-21(18)6-9-23-10-7-21;;/h1-4,18,23H,5-15H2,(H,24,28);2*1H. The zero-order chi connectivity index (χ0) is 19.6. The van der Waals surface area contributed by atoms with Gasteiger partial charge in [0.05, 0.1) is 0 Å². The van der Waals surface area contributed by atoms with E-state index in [2.05, 4.69) is 15.5 Å². The second-order valence-electron chi connectivity index (χ2n) is 8.25. The maximum absolute atomic E-state index is 13.1. The Morgan fingerprint density at radius 1 is 1.07 bits per heavy atom. The Hall–Kier alpha value is -1.57. The maximum atomic E-state index is 13.1. The average molecular weight is 461 g/mol. The molecule has 1 atom stereocenters. The number of amides is 2. The van der Waals surface area contributed by atoms with Crippen molar-refractivity contribution in [3.05, 3.63) is 30.1 Å². The summed E-state index contributed by atoms with van der Waals surface area (Å²) in [6, 6.07) is 6.47. The molecule has 4 rings (SSSR count). The summed E-state index contributed by atoms with van der Waals surface area (Å²) < 4.78 is 13.1. The summed E-state index contributed by atoms with van der Waals surface area (Å²) in [6.07, 6.45) is 3.52. The molecule has 1 aromatic rings. The molecule has 2 heterocycles. The van der Waals surface area contributed by atoms with Crippen LogP contribution in [-0.4, -0.2) is 62.5 Å². The molecule has 30 heavy (non-hydrogen) atoms. The minimum Gasteiger partial charge on any atom is -0.368 e. The highest BCUT2D eigenvalue weighted by molar-refractivity contribution is 5.85. The fourth-order valence-corrected chi connectivity index (χ4v) is 4.64. The molecule has 1 unspecified atom stereocenters. The van der Waals surface area contributed by atoms with Crippen molar-refractivity contribution in [2.45, 2.75) is 25.7 Å². The van der Waals surface area contributed by atoms with E-state index in [0.29, 0.717) is 26.1 Å². The van der Waals surface area contributed by atoms with Crippen LogP contribution in [0.2, 0.25) is 0 Å². The van der Waals surface area contributed by atoms with Crippen molar-refractivity contribution >= 4 is 42.3 Å². The molecule has 1 saturated carbocycles. The number of anilines is 1. The molecule has 9 heteroatoms. The van der Waals surface area contributed by atoms with Gasteiger partial charge >= 0.3 is 0 Å². The maximum Gasteiger partial charge on any atom is 0.224 e. The molecule has 2 saturated heterocycles. The largest absolute Gasteiger partial charge is 0.368 e. The molecule has 1 spiro atoms. The summed E-state index contributed by atoms with van der Waals surface area (Å²) in [5.41, 5.74) is 1.22. The lowest BCUT2D eigenvalue weighted by molar-refractivity contribution is -0.131. The molecule has 3 fully saturated rings. The quantitative estimate of drug-likeness (QED) is 0.706. The van der Waals surface area contributed by atoms with Gasteiger partial charge in [-0.05, 0) is 62.0 Å². The van der Waals surface area contributed by atoms with Crippen molar-refractivity contribution < 1.29 is 14.0 Å². The van der Waals surface area contributed by atoms with Gasteiger partial charge in [-0.15, -0.1) is 24.8 Å². The van der Waals surface area contributed by atoms with E-state index in [1.165, 1.54) is 12.1 Å². The van der Waals surface area contributed by atoms with Crippen molar-refractivity contribution in [2.75, 3.05) is 50.7 Å². The van der Waals surface area contributed by atoms with E-state index in [4.69, 9.17) is 0 Å². The number of carbonyl (C=O) groups is 2. The lowest BCUT2D eigenvalue weighted by Crippen LogP contribution is -2.49. The number of hydrogen-bond acceptors (Lipinski definition) is 4. The van der Waals surface area contributed by atoms with Crippen LogP contribution in [0.3, 0.4) is 0 Å². The second-order valence-corrected chi connectivity index (χ2v) is 8.25. The molecule has 0 bridgehead atoms. The Kier molecular flexibility index (Phi) is 8.76. The van der Waals surface area contributed by atoms with Gasteiger partial charge in [-0.3, -0.25) is 9.59 Å². The van der Waals surface area contributed by atoms with Gasteiger partial charge in [0.15, 0.2) is 0 Å². The van der Waals surface area contributed by atoms with E-state index in [-0.39, 0.29) is 53.8 Å². The molecule has 1 aliphatic carbocycles. The van der Waals surface area contributed by atoms with Crippen LogP contribution in [0.4, 0.5) is 10.1 Å². The summed E-state index contributed by atoms with van der Waals surface area (Å²) >= 11 is 0. The summed E-state index contributed by atoms with van der Waals surface area (Å²) in [5, 5.41) is 6.32. The first-order chi connectivity index (χ1) is 13.6. The van der Waals surface area contributed by atoms with Crippen molar-refractivity contribution in [3.8, 4) is 0 Å². The van der Waals surface area contributed by atoms with Crippen LogP contribution in [0.25, 0.3) is 0 Å². The normalized spacial score (nSPS) is 22.0. The molecular weight excluding hydrogens is 430 g/mol. The van der Waals surface area contributed by atoms with Crippen LogP contribution >= 0.6 is 24.8 Å². The first-order valence-corrected chi connectivity index (χ1v) is 10.3. The van der Waals surface area contributed by atoms with Gasteiger partial charge in [-0.1, -0.05) is 0 Å². The summed E-state index contributed by atoms with van der Waals surface area (Å²) in [7, 11) is 0. The fourth-order valence-electron chi connectivity index (χ4n) is 4.64. The highest BCUT2D eigenvalue weighted by Crippen LogP contribution is 2.58. The van der Waals surface area contributed by atoms with Crippen molar-refractivity contribution in [3.63, 3.8) is 0 Å². The van der Waals surface area contributed by atoms with Crippen LogP contribution < -0.4 is 15.5 Å². The van der Waals surface area contributed by atoms with E-state index in [0.717, 1.165) is 51.1 Å². The third-order valence-corrected chi connectivity index (χ3v) is 6.57. The minimum absolute atomic E-state index is 0. The number of piperidine rings is 1. The Morgan fingerprint density at radius 3 is 2.33 bits per heavy atom. The Labute approximate surface area is 189 Å². The third-order valence-electron chi connectivity index (χ3n) is 6.57. The van der Waals surface area contributed by atoms with Crippen LogP contribution in [0.15, 0.2) is 24.3 Å². The molecule has 1 aromatic carbocycles. The van der Waals surface area contributed by atoms with Crippen LogP contribution in [-0.2, 0) is 9.59 Å². The van der Waals surface area contributed by atoms with Crippen molar-refractivity contribution in [1.82, 2.24) is 15.5 Å². The topological polar surface area (TPSA) is 64.7 Å². The number of carbonyl (C=O) groups excluding carboxylic acids is 2. The molecule has 0 radical (unpaired) electrons. The number of hydrogen-bond donors (Lipinski definition) is 2. The number of halogens is 3. The van der Waals surface area contributed by atoms with Crippen molar-refractivity contribution in [1.29, 1.82) is 0 Å². The van der Waals surface area contributed by atoms with Gasteiger partial charge in [0.1, 0.15) is 5.82 Å². The van der Waals surface area contributed by atoms with Gasteiger partial charge < -0.3 is 20.4 Å². The molecule has 2 amide bonds. The van der Waals surface area contributed by atoms with Gasteiger partial charge in [0, 0.05) is 50.7 Å². The second kappa shape index (κ2) is 10.6. The van der Waals surface area contributed by atoms with Crippen LogP contribution in [0.5, 0.6) is 0 Å². The Bertz CT molecular complexity index is 720. The highest BCUT2D eigenvalue weighted by atomic mass is 35.5. The Morgan fingerprint density at radius 2 is 1.70 bits per heavy atom. The van der Waals surface area contributed by atoms with E-state index in [1.807, 2.05) is 4.90 Å². The molecule has 168 valence electrons. The molecular formula is C21H31Cl2FN4O2. The number of nitrogens with zero attached hydrogens (tertiary/aromatic N) is 2. The van der Waals surface area contributed by atoms with E-state index < -0.39 is 0 Å². The zero-order valence-corrected chi connectivity index (χ0v) is 18.7. The van der Waals surface area contributed by atoms with Crippen LogP contribution in [0.1, 0.15) is 25.7 Å². The SMILES string of the molecule is Cl.Cl.O=C(NCCC(=O)N1CCN(c2ccc(F)cc2)CC1)C1CC12CCNCC2. The van der Waals surface area contributed by atoms with E-state index >= 15 is 0 Å².